The van der Waals surface area contributed by atoms with Crippen LogP contribution in [0, 0.1) is 0 Å². The Morgan fingerprint density at radius 2 is 1.56 bits per heavy atom. The third kappa shape index (κ3) is 5.83. The van der Waals surface area contributed by atoms with Gasteiger partial charge in [0.2, 0.25) is 22.7 Å². The van der Waals surface area contributed by atoms with Gasteiger partial charge in [0.25, 0.3) is 10.0 Å². The van der Waals surface area contributed by atoms with E-state index in [2.05, 4.69) is 10.0 Å². The summed E-state index contributed by atoms with van der Waals surface area (Å²) in [7, 11) is -7.67. The number of carbonyl (C=O) groups is 1. The Kier molecular flexibility index (Phi) is 7.29. The molecule has 0 saturated carbocycles. The number of amides is 1. The Morgan fingerprint density at radius 3 is 2.22 bits per heavy atom. The average Bonchev–Trinajstić information content (AvgIpc) is 3.32. The standard InChI is InChI=1S/C23H22ClN3O7S2/c1-2-35(29,30)27(19-9-12-21-22(13-19)34-15-33-21)14-23(28)25-17-7-10-20(11-8-17)36(31,32)26-18-5-3-16(24)4-6-18/h3-13,26H,2,14-15H2,1H3,(H,25,28). The van der Waals surface area contributed by atoms with Crippen molar-refractivity contribution in [2.24, 2.45) is 0 Å². The summed E-state index contributed by atoms with van der Waals surface area (Å²) < 4.78 is 64.6. The highest BCUT2D eigenvalue weighted by Gasteiger charge is 2.26. The maximum atomic E-state index is 12.7. The highest BCUT2D eigenvalue weighted by molar-refractivity contribution is 7.93. The molecule has 0 radical (unpaired) electrons. The molecule has 1 aliphatic heterocycles. The molecule has 0 spiro atoms. The Bertz CT molecular complexity index is 1480. The molecule has 0 fully saturated rings. The average molecular weight is 552 g/mol. The zero-order chi connectivity index (χ0) is 25.9. The molecule has 0 atom stereocenters. The van der Waals surface area contributed by atoms with Gasteiger partial charge in [0.15, 0.2) is 11.5 Å². The highest BCUT2D eigenvalue weighted by atomic mass is 35.5. The number of rotatable bonds is 9. The van der Waals surface area contributed by atoms with Crippen molar-refractivity contribution in [1.82, 2.24) is 0 Å². The van der Waals surface area contributed by atoms with E-state index in [1.54, 1.807) is 18.2 Å². The van der Waals surface area contributed by atoms with E-state index in [-0.39, 0.29) is 23.1 Å². The first-order chi connectivity index (χ1) is 17.1. The van der Waals surface area contributed by atoms with E-state index in [4.69, 9.17) is 21.1 Å². The van der Waals surface area contributed by atoms with E-state index < -0.39 is 32.5 Å². The predicted molar refractivity (Wildman–Crippen MR) is 137 cm³/mol. The molecule has 13 heteroatoms. The number of nitrogens with one attached hydrogen (secondary N) is 2. The molecule has 2 N–H and O–H groups in total. The molecule has 0 aliphatic carbocycles. The van der Waals surface area contributed by atoms with Crippen LogP contribution in [0.3, 0.4) is 0 Å². The molecule has 0 saturated heterocycles. The van der Waals surface area contributed by atoms with Crippen LogP contribution in [0.4, 0.5) is 17.1 Å². The lowest BCUT2D eigenvalue weighted by molar-refractivity contribution is -0.114. The number of anilines is 3. The first-order valence-electron chi connectivity index (χ1n) is 10.7. The van der Waals surface area contributed by atoms with Gasteiger partial charge in [-0.2, -0.15) is 0 Å². The van der Waals surface area contributed by atoms with Gasteiger partial charge in [-0.3, -0.25) is 13.8 Å². The van der Waals surface area contributed by atoms with Crippen molar-refractivity contribution in [3.8, 4) is 11.5 Å². The van der Waals surface area contributed by atoms with Crippen LogP contribution in [0.1, 0.15) is 6.92 Å². The van der Waals surface area contributed by atoms with Crippen LogP contribution in [0.2, 0.25) is 5.02 Å². The minimum absolute atomic E-state index is 0.0222. The molecule has 190 valence electrons. The van der Waals surface area contributed by atoms with Gasteiger partial charge in [0, 0.05) is 22.5 Å². The zero-order valence-corrected chi connectivity index (χ0v) is 21.4. The van der Waals surface area contributed by atoms with Crippen molar-refractivity contribution in [1.29, 1.82) is 0 Å². The topological polar surface area (TPSA) is 131 Å². The molecule has 10 nitrogen and oxygen atoms in total. The molecular weight excluding hydrogens is 530 g/mol. The number of sulfonamides is 2. The summed E-state index contributed by atoms with van der Waals surface area (Å²) in [4.78, 5) is 12.7. The summed E-state index contributed by atoms with van der Waals surface area (Å²) in [5, 5.41) is 3.07. The van der Waals surface area contributed by atoms with Crippen LogP contribution in [0.5, 0.6) is 11.5 Å². The number of halogens is 1. The summed E-state index contributed by atoms with van der Waals surface area (Å²) in [6, 6.07) is 16.3. The molecule has 1 amide bonds. The maximum Gasteiger partial charge on any atom is 0.261 e. The SMILES string of the molecule is CCS(=O)(=O)N(CC(=O)Nc1ccc(S(=O)(=O)Nc2ccc(Cl)cc2)cc1)c1ccc2c(c1)OCO2. The minimum Gasteiger partial charge on any atom is -0.454 e. The van der Waals surface area contributed by atoms with Crippen LogP contribution in [-0.2, 0) is 24.8 Å². The zero-order valence-electron chi connectivity index (χ0n) is 19.0. The Labute approximate surface area is 213 Å². The van der Waals surface area contributed by atoms with Gasteiger partial charge in [-0.15, -0.1) is 0 Å². The third-order valence-electron chi connectivity index (χ3n) is 5.18. The Morgan fingerprint density at radius 1 is 0.917 bits per heavy atom. The number of carbonyl (C=O) groups excluding carboxylic acids is 1. The van der Waals surface area contributed by atoms with Crippen molar-refractivity contribution in [3.63, 3.8) is 0 Å². The third-order valence-corrected chi connectivity index (χ3v) is 8.57. The van der Waals surface area contributed by atoms with E-state index in [0.717, 1.165) is 4.31 Å². The van der Waals surface area contributed by atoms with E-state index in [9.17, 15) is 21.6 Å². The predicted octanol–water partition coefficient (Wildman–Crippen LogP) is 3.66. The van der Waals surface area contributed by atoms with E-state index in [0.29, 0.717) is 27.9 Å². The molecular formula is C23H22ClN3O7S2. The smallest absolute Gasteiger partial charge is 0.261 e. The van der Waals surface area contributed by atoms with Gasteiger partial charge in [-0.25, -0.2) is 16.8 Å². The van der Waals surface area contributed by atoms with Gasteiger partial charge in [0.1, 0.15) is 6.54 Å². The molecule has 4 rings (SSSR count). The summed E-state index contributed by atoms with van der Waals surface area (Å²) >= 11 is 5.82. The van der Waals surface area contributed by atoms with Crippen LogP contribution < -0.4 is 23.8 Å². The van der Waals surface area contributed by atoms with Crippen LogP contribution in [-0.4, -0.2) is 41.8 Å². The molecule has 0 aromatic heterocycles. The highest BCUT2D eigenvalue weighted by Crippen LogP contribution is 2.36. The lowest BCUT2D eigenvalue weighted by Gasteiger charge is -2.23. The van der Waals surface area contributed by atoms with Crippen molar-refractivity contribution < 1.29 is 31.1 Å². The fraction of sp³-hybridized carbons (Fsp3) is 0.174. The van der Waals surface area contributed by atoms with Gasteiger partial charge in [-0.1, -0.05) is 11.6 Å². The summed E-state index contributed by atoms with van der Waals surface area (Å²) in [6.07, 6.45) is 0. The summed E-state index contributed by atoms with van der Waals surface area (Å²) in [6.45, 7) is 1.01. The first-order valence-corrected chi connectivity index (χ1v) is 14.1. The maximum absolute atomic E-state index is 12.7. The molecule has 3 aromatic carbocycles. The Hall–Kier alpha value is -3.48. The number of hydrogen-bond donors (Lipinski definition) is 2. The number of ether oxygens (including phenoxy) is 2. The fourth-order valence-corrected chi connectivity index (χ4v) is 5.57. The van der Waals surface area contributed by atoms with Gasteiger partial charge in [0.05, 0.1) is 16.3 Å². The van der Waals surface area contributed by atoms with E-state index in [1.807, 2.05) is 0 Å². The van der Waals surface area contributed by atoms with Crippen LogP contribution >= 0.6 is 11.6 Å². The van der Waals surface area contributed by atoms with Crippen LogP contribution in [0.25, 0.3) is 0 Å². The second kappa shape index (κ2) is 10.2. The van der Waals surface area contributed by atoms with Crippen LogP contribution in [0.15, 0.2) is 71.6 Å². The number of hydrogen-bond acceptors (Lipinski definition) is 7. The normalized spacial score (nSPS) is 12.7. The lowest BCUT2D eigenvalue weighted by Crippen LogP contribution is -2.39. The molecule has 0 bridgehead atoms. The first kappa shape index (κ1) is 25.6. The van der Waals surface area contributed by atoms with Gasteiger partial charge < -0.3 is 14.8 Å². The molecule has 3 aromatic rings. The van der Waals surface area contributed by atoms with Crippen molar-refractivity contribution in [2.45, 2.75) is 11.8 Å². The van der Waals surface area contributed by atoms with E-state index in [1.165, 1.54) is 55.5 Å². The monoisotopic (exact) mass is 551 g/mol. The second-order valence-electron chi connectivity index (χ2n) is 7.63. The quantitative estimate of drug-likeness (QED) is 0.415. The van der Waals surface area contributed by atoms with Crippen molar-refractivity contribution in [3.05, 3.63) is 71.8 Å². The van der Waals surface area contributed by atoms with Gasteiger partial charge >= 0.3 is 0 Å². The summed E-state index contributed by atoms with van der Waals surface area (Å²) in [5.74, 6) is 0.0347. The molecule has 0 unspecified atom stereocenters. The van der Waals surface area contributed by atoms with Crippen molar-refractivity contribution >= 4 is 54.6 Å². The fourth-order valence-electron chi connectivity index (χ4n) is 3.33. The lowest BCUT2D eigenvalue weighted by atomic mass is 10.2. The second-order valence-corrected chi connectivity index (χ2v) is 11.9. The minimum atomic E-state index is -3.87. The number of nitrogens with zero attached hydrogens (tertiary/aromatic N) is 1. The molecule has 1 heterocycles. The van der Waals surface area contributed by atoms with E-state index >= 15 is 0 Å². The Balaban J connectivity index is 1.46. The number of fused-ring (bicyclic) bond motifs is 1. The molecule has 1 aliphatic rings. The van der Waals surface area contributed by atoms with Gasteiger partial charge in [-0.05, 0) is 67.6 Å². The largest absolute Gasteiger partial charge is 0.454 e. The number of benzene rings is 3. The molecule has 36 heavy (non-hydrogen) atoms. The summed E-state index contributed by atoms with van der Waals surface area (Å²) in [5.41, 5.74) is 0.897. The van der Waals surface area contributed by atoms with Crippen molar-refractivity contribution in [2.75, 3.05) is 33.4 Å².